The number of non-ortho nitro benzene ring substituents is 1. The van der Waals surface area contributed by atoms with Crippen molar-refractivity contribution in [3.8, 4) is 0 Å². The normalized spacial score (nSPS) is 13.4. The predicted octanol–water partition coefficient (Wildman–Crippen LogP) is 1.42. The van der Waals surface area contributed by atoms with E-state index in [1.165, 1.54) is 34.1 Å². The van der Waals surface area contributed by atoms with Crippen molar-refractivity contribution in [2.75, 3.05) is 0 Å². The number of aromatic nitrogens is 3. The molecule has 2 aromatic heterocycles. The van der Waals surface area contributed by atoms with Crippen molar-refractivity contribution in [2.24, 2.45) is 0 Å². The fraction of sp³-hybridized carbons (Fsp3) is 0.188. The third-order valence-electron chi connectivity index (χ3n) is 4.13. The van der Waals surface area contributed by atoms with Gasteiger partial charge >= 0.3 is 0 Å². The highest BCUT2D eigenvalue weighted by Crippen LogP contribution is 2.27. The highest BCUT2D eigenvalue weighted by atomic mass is 32.1. The van der Waals surface area contributed by atoms with E-state index in [4.69, 9.17) is 0 Å². The van der Waals surface area contributed by atoms with Crippen LogP contribution in [-0.4, -0.2) is 36.2 Å². The molecule has 0 saturated carbocycles. The first-order valence-electron chi connectivity index (χ1n) is 7.92. The molecular weight excluding hydrogens is 374 g/mol. The van der Waals surface area contributed by atoms with Crippen LogP contribution in [0.4, 0.5) is 5.69 Å². The van der Waals surface area contributed by atoms with Crippen LogP contribution in [0.2, 0.25) is 0 Å². The Bertz CT molecular complexity index is 1200. The molecule has 0 aliphatic carbocycles. The largest absolute Gasteiger partial charge is 0.275 e. The zero-order chi connectivity index (χ0) is 19.3. The highest BCUT2D eigenvalue weighted by molar-refractivity contribution is 7.16. The number of nitrogens with zero attached hydrogens (tertiary/aromatic N) is 5. The highest BCUT2D eigenvalue weighted by Gasteiger charge is 2.37. The van der Waals surface area contributed by atoms with Gasteiger partial charge in [-0.2, -0.15) is 9.61 Å². The zero-order valence-corrected chi connectivity index (χ0v) is 14.7. The lowest BCUT2D eigenvalue weighted by Gasteiger charge is -2.12. The monoisotopic (exact) mass is 385 g/mol. The third kappa shape index (κ3) is 2.68. The van der Waals surface area contributed by atoms with Gasteiger partial charge < -0.3 is 0 Å². The van der Waals surface area contributed by atoms with Crippen molar-refractivity contribution >= 4 is 33.8 Å². The van der Waals surface area contributed by atoms with Crippen LogP contribution in [0.3, 0.4) is 0 Å². The Balaban J connectivity index is 1.70. The fourth-order valence-corrected chi connectivity index (χ4v) is 3.68. The van der Waals surface area contributed by atoms with Crippen LogP contribution in [0, 0.1) is 10.1 Å². The van der Waals surface area contributed by atoms with Gasteiger partial charge in [-0.3, -0.25) is 29.4 Å². The van der Waals surface area contributed by atoms with Gasteiger partial charge in [-0.15, -0.1) is 0 Å². The summed E-state index contributed by atoms with van der Waals surface area (Å²) in [5, 5.41) is 15.8. The average Bonchev–Trinajstić information content (AvgIpc) is 3.17. The Morgan fingerprint density at radius 1 is 1.15 bits per heavy atom. The maximum atomic E-state index is 12.5. The van der Waals surface area contributed by atoms with Crippen LogP contribution >= 0.6 is 11.3 Å². The lowest BCUT2D eigenvalue weighted by atomic mass is 10.1. The quantitative estimate of drug-likeness (QED) is 0.377. The molecule has 0 fully saturated rings. The summed E-state index contributed by atoms with van der Waals surface area (Å²) in [4.78, 5) is 53.1. The van der Waals surface area contributed by atoms with Gasteiger partial charge in [0.15, 0.2) is 0 Å². The number of carbonyl (C=O) groups excluding carboxylic acids is 2. The van der Waals surface area contributed by atoms with Crippen LogP contribution < -0.4 is 5.56 Å². The second-order valence-corrected chi connectivity index (χ2v) is 6.85. The van der Waals surface area contributed by atoms with Gasteiger partial charge in [0.05, 0.1) is 28.3 Å². The molecule has 2 amide bonds. The van der Waals surface area contributed by atoms with E-state index in [9.17, 15) is 24.5 Å². The lowest BCUT2D eigenvalue weighted by Crippen LogP contribution is -2.30. The summed E-state index contributed by atoms with van der Waals surface area (Å²) in [6.45, 7) is 1.70. The van der Waals surface area contributed by atoms with Gasteiger partial charge in [0.2, 0.25) is 4.96 Å². The molecule has 136 valence electrons. The molecule has 1 aliphatic rings. The summed E-state index contributed by atoms with van der Waals surface area (Å²) >= 11 is 1.26. The van der Waals surface area contributed by atoms with E-state index in [1.54, 1.807) is 0 Å². The van der Waals surface area contributed by atoms with Gasteiger partial charge in [-0.25, -0.2) is 4.98 Å². The SMILES string of the molecule is CCc1nn2c(=O)cc(CN3C(=O)c4ccc([N+](=O)[O-])cc4C3=O)nc2s1. The first-order valence-corrected chi connectivity index (χ1v) is 8.74. The van der Waals surface area contributed by atoms with Crippen molar-refractivity contribution < 1.29 is 14.5 Å². The summed E-state index contributed by atoms with van der Waals surface area (Å²) in [5.74, 6) is -1.23. The molecule has 0 radical (unpaired) electrons. The number of imide groups is 1. The van der Waals surface area contributed by atoms with E-state index in [0.29, 0.717) is 11.4 Å². The smallest absolute Gasteiger partial charge is 0.269 e. The number of aryl methyl sites for hydroxylation is 1. The number of nitro groups is 1. The summed E-state index contributed by atoms with van der Waals surface area (Å²) in [7, 11) is 0. The van der Waals surface area contributed by atoms with Crippen molar-refractivity contribution in [2.45, 2.75) is 19.9 Å². The van der Waals surface area contributed by atoms with E-state index >= 15 is 0 Å². The summed E-state index contributed by atoms with van der Waals surface area (Å²) < 4.78 is 1.18. The number of hydrogen-bond donors (Lipinski definition) is 0. The summed E-state index contributed by atoms with van der Waals surface area (Å²) in [6.07, 6.45) is 0.653. The topological polar surface area (TPSA) is 128 Å². The van der Waals surface area contributed by atoms with Crippen molar-refractivity contribution in [3.05, 3.63) is 66.6 Å². The van der Waals surface area contributed by atoms with Crippen LogP contribution in [0.5, 0.6) is 0 Å². The molecule has 0 bridgehead atoms. The van der Waals surface area contributed by atoms with E-state index < -0.39 is 22.3 Å². The van der Waals surface area contributed by atoms with Crippen LogP contribution in [0.25, 0.3) is 4.96 Å². The second kappa shape index (κ2) is 6.06. The molecule has 0 saturated heterocycles. The lowest BCUT2D eigenvalue weighted by molar-refractivity contribution is -0.384. The second-order valence-electron chi connectivity index (χ2n) is 5.81. The zero-order valence-electron chi connectivity index (χ0n) is 13.9. The van der Waals surface area contributed by atoms with Crippen molar-refractivity contribution in [1.29, 1.82) is 0 Å². The molecule has 0 unspecified atom stereocenters. The minimum Gasteiger partial charge on any atom is -0.269 e. The van der Waals surface area contributed by atoms with Crippen molar-refractivity contribution in [1.82, 2.24) is 19.5 Å². The first-order chi connectivity index (χ1) is 12.9. The van der Waals surface area contributed by atoms with Gasteiger partial charge in [-0.05, 0) is 12.5 Å². The Kier molecular flexibility index (Phi) is 3.81. The van der Waals surface area contributed by atoms with E-state index in [1.807, 2.05) is 6.92 Å². The standard InChI is InChI=1S/C16H11N5O5S/c1-2-12-18-20-13(22)5-8(17-16(20)27-12)7-19-14(23)10-4-3-9(21(25)26)6-11(10)15(19)24/h3-6H,2,7H2,1H3. The Morgan fingerprint density at radius 3 is 2.59 bits per heavy atom. The molecule has 4 rings (SSSR count). The van der Waals surface area contributed by atoms with Crippen LogP contribution in [-0.2, 0) is 13.0 Å². The molecule has 3 heterocycles. The number of benzene rings is 1. The molecule has 1 aromatic carbocycles. The van der Waals surface area contributed by atoms with E-state index in [-0.39, 0.29) is 29.1 Å². The number of rotatable bonds is 4. The number of fused-ring (bicyclic) bond motifs is 2. The van der Waals surface area contributed by atoms with Gasteiger partial charge in [0.1, 0.15) is 5.01 Å². The number of nitro benzene ring substituents is 1. The Morgan fingerprint density at radius 2 is 1.89 bits per heavy atom. The van der Waals surface area contributed by atoms with Crippen LogP contribution in [0.15, 0.2) is 29.1 Å². The molecule has 11 heteroatoms. The maximum absolute atomic E-state index is 12.5. The molecular formula is C16H11N5O5S. The minimum absolute atomic E-state index is 0.0296. The number of amides is 2. The third-order valence-corrected chi connectivity index (χ3v) is 5.18. The first kappa shape index (κ1) is 17.0. The molecule has 1 aliphatic heterocycles. The van der Waals surface area contributed by atoms with Gasteiger partial charge in [-0.1, -0.05) is 18.3 Å². The predicted molar refractivity (Wildman–Crippen MR) is 93.8 cm³/mol. The molecule has 3 aromatic rings. The molecule has 0 spiro atoms. The molecule has 0 N–H and O–H groups in total. The molecule has 10 nitrogen and oxygen atoms in total. The summed E-state index contributed by atoms with van der Waals surface area (Å²) in [5.41, 5.74) is -0.368. The minimum atomic E-state index is -0.653. The molecule has 0 atom stereocenters. The van der Waals surface area contributed by atoms with E-state index in [0.717, 1.165) is 16.0 Å². The van der Waals surface area contributed by atoms with Gasteiger partial charge in [0, 0.05) is 18.2 Å². The van der Waals surface area contributed by atoms with E-state index in [2.05, 4.69) is 10.1 Å². The summed E-state index contributed by atoms with van der Waals surface area (Å²) in [6, 6.07) is 4.74. The Labute approximate surface area is 154 Å². The fourth-order valence-electron chi connectivity index (χ4n) is 2.82. The number of hydrogen-bond acceptors (Lipinski definition) is 8. The molecule has 27 heavy (non-hydrogen) atoms. The van der Waals surface area contributed by atoms with Gasteiger partial charge in [0.25, 0.3) is 23.1 Å². The average molecular weight is 385 g/mol. The Hall–Kier alpha value is -3.47. The number of carbonyl (C=O) groups is 2. The van der Waals surface area contributed by atoms with Crippen LogP contribution in [0.1, 0.15) is 38.3 Å². The van der Waals surface area contributed by atoms with Crippen molar-refractivity contribution in [3.63, 3.8) is 0 Å². The maximum Gasteiger partial charge on any atom is 0.275 e.